The van der Waals surface area contributed by atoms with Crippen molar-refractivity contribution in [2.75, 3.05) is 0 Å². The number of nitrogens with zero attached hydrogens (tertiary/aromatic N) is 5. The number of amides is 1. The van der Waals surface area contributed by atoms with Gasteiger partial charge in [-0.3, -0.25) is 14.0 Å². The minimum atomic E-state index is -0.306. The summed E-state index contributed by atoms with van der Waals surface area (Å²) in [7, 11) is 0. The molecule has 1 atom stereocenters. The summed E-state index contributed by atoms with van der Waals surface area (Å²) in [5.74, 6) is 0.259. The third-order valence-electron chi connectivity index (χ3n) is 5.90. The maximum atomic E-state index is 13.1. The third kappa shape index (κ3) is 3.55. The Morgan fingerprint density at radius 1 is 1.13 bits per heavy atom. The second-order valence-electron chi connectivity index (χ2n) is 7.98. The van der Waals surface area contributed by atoms with E-state index in [0.29, 0.717) is 38.0 Å². The molecular formula is C21H23FN6O2. The van der Waals surface area contributed by atoms with Crippen molar-refractivity contribution < 1.29 is 9.18 Å². The maximum absolute atomic E-state index is 13.1. The Labute approximate surface area is 172 Å². The van der Waals surface area contributed by atoms with Crippen LogP contribution in [0.3, 0.4) is 0 Å². The van der Waals surface area contributed by atoms with Gasteiger partial charge >= 0.3 is 5.69 Å². The lowest BCUT2D eigenvalue weighted by Gasteiger charge is -2.15. The monoisotopic (exact) mass is 410 g/mol. The van der Waals surface area contributed by atoms with Gasteiger partial charge in [0.25, 0.3) is 5.91 Å². The predicted molar refractivity (Wildman–Crippen MR) is 107 cm³/mol. The van der Waals surface area contributed by atoms with Gasteiger partial charge in [0.05, 0.1) is 6.54 Å². The molecule has 0 aliphatic carbocycles. The van der Waals surface area contributed by atoms with Crippen LogP contribution in [0.25, 0.3) is 0 Å². The minimum absolute atomic E-state index is 0.0271. The molecule has 30 heavy (non-hydrogen) atoms. The number of nitrogens with one attached hydrogen (secondary N) is 1. The van der Waals surface area contributed by atoms with Crippen LogP contribution in [0.1, 0.15) is 46.8 Å². The quantitative estimate of drug-likeness (QED) is 0.706. The molecule has 3 aromatic rings. The van der Waals surface area contributed by atoms with E-state index in [1.165, 1.54) is 16.8 Å². The number of aryl methyl sites for hydroxylation is 3. The van der Waals surface area contributed by atoms with E-state index in [-0.39, 0.29) is 23.5 Å². The van der Waals surface area contributed by atoms with E-state index >= 15 is 0 Å². The van der Waals surface area contributed by atoms with Gasteiger partial charge in [0.2, 0.25) is 0 Å². The van der Waals surface area contributed by atoms with Gasteiger partial charge in [0, 0.05) is 31.2 Å². The smallest absolute Gasteiger partial charge is 0.346 e. The minimum Gasteiger partial charge on any atom is -0.348 e. The Balaban J connectivity index is 1.24. The predicted octanol–water partition coefficient (Wildman–Crippen LogP) is 1.51. The number of aromatic nitrogens is 5. The fourth-order valence-electron chi connectivity index (χ4n) is 4.27. The number of hydrogen-bond donors (Lipinski definition) is 1. The SMILES string of the molecule is O=C(NC1CCc2nn(Cc3ccc(F)cc3)c(=O)n2CC1)c1cc2n(n1)CCC2. The lowest BCUT2D eigenvalue weighted by atomic mass is 10.1. The molecule has 2 aromatic heterocycles. The first-order chi connectivity index (χ1) is 14.6. The molecule has 0 fully saturated rings. The zero-order valence-corrected chi connectivity index (χ0v) is 16.6. The van der Waals surface area contributed by atoms with Crippen LogP contribution in [-0.4, -0.2) is 36.1 Å². The Hall–Kier alpha value is -3.23. The van der Waals surface area contributed by atoms with Gasteiger partial charge in [0.1, 0.15) is 17.3 Å². The number of fused-ring (bicyclic) bond motifs is 2. The second-order valence-corrected chi connectivity index (χ2v) is 7.98. The molecule has 2 aliphatic rings. The highest BCUT2D eigenvalue weighted by atomic mass is 19.1. The first-order valence-corrected chi connectivity index (χ1v) is 10.4. The summed E-state index contributed by atoms with van der Waals surface area (Å²) in [6.07, 6.45) is 4.03. The molecule has 156 valence electrons. The maximum Gasteiger partial charge on any atom is 0.346 e. The first kappa shape index (κ1) is 18.8. The molecule has 0 saturated carbocycles. The molecule has 1 amide bonds. The zero-order valence-electron chi connectivity index (χ0n) is 16.6. The van der Waals surface area contributed by atoms with Crippen LogP contribution in [0.15, 0.2) is 35.1 Å². The average Bonchev–Trinajstić information content (AvgIpc) is 3.37. The van der Waals surface area contributed by atoms with E-state index in [0.717, 1.165) is 36.5 Å². The summed E-state index contributed by atoms with van der Waals surface area (Å²) in [4.78, 5) is 25.3. The average molecular weight is 410 g/mol. The summed E-state index contributed by atoms with van der Waals surface area (Å²) in [5, 5.41) is 11.9. The number of hydrogen-bond acceptors (Lipinski definition) is 4. The zero-order chi connectivity index (χ0) is 20.7. The van der Waals surface area contributed by atoms with Crippen molar-refractivity contribution in [2.24, 2.45) is 0 Å². The molecular weight excluding hydrogens is 387 g/mol. The Kier molecular flexibility index (Phi) is 4.72. The van der Waals surface area contributed by atoms with Crippen LogP contribution in [0.5, 0.6) is 0 Å². The fraction of sp³-hybridized carbons (Fsp3) is 0.429. The summed E-state index contributed by atoms with van der Waals surface area (Å²) in [6.45, 7) is 1.68. The highest BCUT2D eigenvalue weighted by Crippen LogP contribution is 2.17. The molecule has 5 rings (SSSR count). The van der Waals surface area contributed by atoms with Crippen LogP contribution in [0.2, 0.25) is 0 Å². The van der Waals surface area contributed by atoms with Gasteiger partial charge in [0.15, 0.2) is 0 Å². The Morgan fingerprint density at radius 2 is 1.97 bits per heavy atom. The highest BCUT2D eigenvalue weighted by Gasteiger charge is 2.24. The number of halogens is 1. The molecule has 2 aliphatic heterocycles. The molecule has 0 spiro atoms. The highest BCUT2D eigenvalue weighted by molar-refractivity contribution is 5.92. The molecule has 0 saturated heterocycles. The third-order valence-corrected chi connectivity index (χ3v) is 5.90. The van der Waals surface area contributed by atoms with Gasteiger partial charge in [-0.05, 0) is 49.4 Å². The van der Waals surface area contributed by atoms with E-state index in [2.05, 4.69) is 15.5 Å². The summed E-state index contributed by atoms with van der Waals surface area (Å²) in [6, 6.07) is 7.92. The molecule has 0 bridgehead atoms. The van der Waals surface area contributed by atoms with E-state index in [9.17, 15) is 14.0 Å². The second kappa shape index (κ2) is 7.55. The molecule has 1 aromatic carbocycles. The molecule has 0 radical (unpaired) electrons. The van der Waals surface area contributed by atoms with Crippen LogP contribution in [0, 0.1) is 5.82 Å². The van der Waals surface area contributed by atoms with Crippen molar-refractivity contribution in [3.63, 3.8) is 0 Å². The van der Waals surface area contributed by atoms with E-state index < -0.39 is 0 Å². The van der Waals surface area contributed by atoms with Crippen molar-refractivity contribution >= 4 is 5.91 Å². The molecule has 1 unspecified atom stereocenters. The standard InChI is InChI=1S/C21H23FN6O2/c22-15-5-3-14(4-6-15)13-28-21(30)26-11-9-16(7-8-19(26)25-28)23-20(29)18-12-17-2-1-10-27(17)24-18/h3-6,12,16H,1-2,7-11,13H2,(H,23,29). The van der Waals surface area contributed by atoms with Crippen molar-refractivity contribution in [1.82, 2.24) is 29.4 Å². The van der Waals surface area contributed by atoms with E-state index in [4.69, 9.17) is 0 Å². The number of rotatable bonds is 4. The van der Waals surface area contributed by atoms with E-state index in [1.807, 2.05) is 10.7 Å². The largest absolute Gasteiger partial charge is 0.348 e. The number of carbonyl (C=O) groups excluding carboxylic acids is 1. The molecule has 9 heteroatoms. The van der Waals surface area contributed by atoms with Crippen molar-refractivity contribution in [3.8, 4) is 0 Å². The molecule has 8 nitrogen and oxygen atoms in total. The fourth-order valence-corrected chi connectivity index (χ4v) is 4.27. The summed E-state index contributed by atoms with van der Waals surface area (Å²) in [5.41, 5.74) is 2.23. The van der Waals surface area contributed by atoms with Crippen molar-refractivity contribution in [3.05, 3.63) is 69.4 Å². The van der Waals surface area contributed by atoms with Crippen molar-refractivity contribution in [1.29, 1.82) is 0 Å². The van der Waals surface area contributed by atoms with Gasteiger partial charge in [-0.25, -0.2) is 13.9 Å². The number of benzene rings is 1. The van der Waals surface area contributed by atoms with Crippen LogP contribution in [-0.2, 0) is 32.5 Å². The topological polar surface area (TPSA) is 86.7 Å². The van der Waals surface area contributed by atoms with Gasteiger partial charge in [-0.1, -0.05) is 12.1 Å². The van der Waals surface area contributed by atoms with Crippen LogP contribution >= 0.6 is 0 Å². The van der Waals surface area contributed by atoms with E-state index in [1.54, 1.807) is 16.7 Å². The van der Waals surface area contributed by atoms with Gasteiger partial charge in [-0.2, -0.15) is 10.2 Å². The van der Waals surface area contributed by atoms with Crippen molar-refractivity contribution in [2.45, 2.75) is 57.8 Å². The van der Waals surface area contributed by atoms with Crippen LogP contribution < -0.4 is 11.0 Å². The normalized spacial score (nSPS) is 18.0. The lowest BCUT2D eigenvalue weighted by Crippen LogP contribution is -2.36. The lowest BCUT2D eigenvalue weighted by molar-refractivity contribution is 0.0927. The Bertz CT molecular complexity index is 1120. The molecule has 4 heterocycles. The first-order valence-electron chi connectivity index (χ1n) is 10.4. The van der Waals surface area contributed by atoms with Gasteiger partial charge in [-0.15, -0.1) is 0 Å². The summed E-state index contributed by atoms with van der Waals surface area (Å²) < 4.78 is 18.1. The van der Waals surface area contributed by atoms with Crippen LogP contribution in [0.4, 0.5) is 4.39 Å². The number of carbonyl (C=O) groups is 1. The van der Waals surface area contributed by atoms with Gasteiger partial charge < -0.3 is 5.32 Å². The molecule has 1 N–H and O–H groups in total. The Morgan fingerprint density at radius 3 is 2.77 bits per heavy atom. The summed E-state index contributed by atoms with van der Waals surface area (Å²) >= 11 is 0.